The fraction of sp³-hybridized carbons (Fsp3) is 0.550. The molecule has 0 spiro atoms. The van der Waals surface area contributed by atoms with E-state index in [-0.39, 0.29) is 17.4 Å². The Kier molecular flexibility index (Phi) is 3.44. The van der Waals surface area contributed by atoms with E-state index in [1.54, 1.807) is 24.3 Å². The Morgan fingerprint density at radius 1 is 1.08 bits per heavy atom. The minimum absolute atomic E-state index is 0.00835. The molecule has 0 bridgehead atoms. The number of aromatic nitrogens is 1. The van der Waals surface area contributed by atoms with E-state index in [2.05, 4.69) is 18.6 Å². The Morgan fingerprint density at radius 3 is 2.35 bits per heavy atom. The summed E-state index contributed by atoms with van der Waals surface area (Å²) in [4.78, 5) is 5.14. The van der Waals surface area contributed by atoms with Gasteiger partial charge in [-0.25, -0.2) is 18.1 Å². The lowest BCUT2D eigenvalue weighted by molar-refractivity contribution is 0.436. The first kappa shape index (κ1) is 16.5. The van der Waals surface area contributed by atoms with Gasteiger partial charge in [-0.3, -0.25) is 0 Å². The molecule has 0 aliphatic heterocycles. The normalized spacial score (nSPS) is 27.5. The van der Waals surface area contributed by atoms with Crippen LogP contribution in [0.4, 0.5) is 0 Å². The zero-order valence-electron chi connectivity index (χ0n) is 15.1. The third kappa shape index (κ3) is 2.70. The van der Waals surface area contributed by atoms with Gasteiger partial charge in [0.2, 0.25) is 10.0 Å². The minimum atomic E-state index is -3.54. The monoisotopic (exact) mass is 372 g/mol. The van der Waals surface area contributed by atoms with Crippen LogP contribution in [-0.2, 0) is 10.0 Å². The maximum absolute atomic E-state index is 12.7. The molecule has 2 aromatic rings. The fourth-order valence-electron chi connectivity index (χ4n) is 3.94. The van der Waals surface area contributed by atoms with E-state index in [9.17, 15) is 8.42 Å². The van der Waals surface area contributed by atoms with E-state index in [1.807, 2.05) is 6.07 Å². The van der Waals surface area contributed by atoms with Gasteiger partial charge in [-0.2, -0.15) is 0 Å². The van der Waals surface area contributed by atoms with Crippen LogP contribution in [-0.4, -0.2) is 19.4 Å². The van der Waals surface area contributed by atoms with Gasteiger partial charge in [0.1, 0.15) is 5.76 Å². The van der Waals surface area contributed by atoms with Crippen LogP contribution < -0.4 is 4.72 Å². The van der Waals surface area contributed by atoms with Crippen molar-refractivity contribution in [2.45, 2.75) is 68.2 Å². The zero-order valence-corrected chi connectivity index (χ0v) is 15.9. The predicted molar refractivity (Wildman–Crippen MR) is 97.5 cm³/mol. The Bertz CT molecular complexity index is 911. The van der Waals surface area contributed by atoms with Gasteiger partial charge in [0.15, 0.2) is 5.89 Å². The smallest absolute Gasteiger partial charge is 0.240 e. The average molecular weight is 372 g/mol. The van der Waals surface area contributed by atoms with Crippen molar-refractivity contribution < 1.29 is 12.8 Å². The molecular weight excluding hydrogens is 348 g/mol. The second-order valence-electron chi connectivity index (χ2n) is 8.56. The molecular formula is C20H24N2O3S. The molecule has 3 aliphatic rings. The van der Waals surface area contributed by atoms with Crippen molar-refractivity contribution in [2.24, 2.45) is 5.41 Å². The van der Waals surface area contributed by atoms with Crippen molar-refractivity contribution in [3.8, 4) is 0 Å². The summed E-state index contributed by atoms with van der Waals surface area (Å²) in [6.07, 6.45) is 4.77. The molecule has 1 aromatic carbocycles. The molecule has 2 atom stereocenters. The van der Waals surface area contributed by atoms with Crippen LogP contribution >= 0.6 is 0 Å². The summed E-state index contributed by atoms with van der Waals surface area (Å²) in [5.41, 5.74) is 0.948. The molecule has 5 rings (SSSR count). The van der Waals surface area contributed by atoms with Crippen LogP contribution in [0.3, 0.4) is 0 Å². The van der Waals surface area contributed by atoms with E-state index in [1.165, 1.54) is 25.7 Å². The number of rotatable bonds is 6. The first-order valence-electron chi connectivity index (χ1n) is 9.46. The van der Waals surface area contributed by atoms with Crippen LogP contribution in [0.5, 0.6) is 0 Å². The molecule has 0 unspecified atom stereocenters. The fourth-order valence-corrected chi connectivity index (χ4v) is 5.36. The molecule has 3 saturated carbocycles. The Hall–Kier alpha value is -1.66. The van der Waals surface area contributed by atoms with Gasteiger partial charge in [0.05, 0.1) is 16.5 Å². The van der Waals surface area contributed by atoms with Gasteiger partial charge in [0, 0.05) is 17.9 Å². The lowest BCUT2D eigenvalue weighted by Gasteiger charge is -2.07. The SMILES string of the molecule is CC1(C)[C@H](NS(=O)(=O)c2ccccc2)[C@@H]1c1nc(C2CC2)c(C2CC2)o1. The van der Waals surface area contributed by atoms with Gasteiger partial charge < -0.3 is 4.42 Å². The molecule has 138 valence electrons. The summed E-state index contributed by atoms with van der Waals surface area (Å²) in [5, 5.41) is 0. The molecule has 3 aliphatic carbocycles. The summed E-state index contributed by atoms with van der Waals surface area (Å²) < 4.78 is 34.5. The zero-order chi connectivity index (χ0) is 18.1. The first-order chi connectivity index (χ1) is 12.4. The summed E-state index contributed by atoms with van der Waals surface area (Å²) in [5.74, 6) is 2.89. The highest BCUT2D eigenvalue weighted by atomic mass is 32.2. The maximum Gasteiger partial charge on any atom is 0.240 e. The highest BCUT2D eigenvalue weighted by molar-refractivity contribution is 7.89. The molecule has 5 nitrogen and oxygen atoms in total. The summed E-state index contributed by atoms with van der Waals surface area (Å²) in [6, 6.07) is 8.34. The lowest BCUT2D eigenvalue weighted by atomic mass is 10.1. The quantitative estimate of drug-likeness (QED) is 0.835. The van der Waals surface area contributed by atoms with Crippen molar-refractivity contribution in [1.29, 1.82) is 0 Å². The van der Waals surface area contributed by atoms with Gasteiger partial charge in [-0.1, -0.05) is 32.0 Å². The van der Waals surface area contributed by atoms with Gasteiger partial charge >= 0.3 is 0 Å². The Labute approximate surface area is 154 Å². The number of oxazole rings is 1. The van der Waals surface area contributed by atoms with Crippen LogP contribution in [0, 0.1) is 5.41 Å². The predicted octanol–water partition coefficient (Wildman–Crippen LogP) is 3.90. The number of nitrogens with zero attached hydrogens (tertiary/aromatic N) is 1. The second-order valence-corrected chi connectivity index (χ2v) is 10.3. The van der Waals surface area contributed by atoms with Gasteiger partial charge in [0.25, 0.3) is 0 Å². The highest BCUT2D eigenvalue weighted by Crippen LogP contribution is 2.60. The van der Waals surface area contributed by atoms with Crippen molar-refractivity contribution in [1.82, 2.24) is 9.71 Å². The summed E-state index contributed by atoms with van der Waals surface area (Å²) in [7, 11) is -3.54. The number of benzene rings is 1. The molecule has 6 heteroatoms. The van der Waals surface area contributed by atoms with Crippen LogP contribution in [0.15, 0.2) is 39.6 Å². The third-order valence-electron chi connectivity index (χ3n) is 6.04. The number of nitrogens with one attached hydrogen (secondary N) is 1. The van der Waals surface area contributed by atoms with Crippen LogP contribution in [0.25, 0.3) is 0 Å². The standard InChI is InChI=1S/C20H24N2O3S/c1-20(2)15(18(20)22-26(23,24)14-6-4-3-5-7-14)19-21-16(12-8-9-12)17(25-19)13-10-11-13/h3-7,12-13,15,18,22H,8-11H2,1-2H3/t15-,18-/m1/s1. The highest BCUT2D eigenvalue weighted by Gasteiger charge is 2.63. The van der Waals surface area contributed by atoms with E-state index in [0.29, 0.717) is 16.7 Å². The lowest BCUT2D eigenvalue weighted by Crippen LogP contribution is -2.29. The van der Waals surface area contributed by atoms with Crippen molar-refractivity contribution >= 4 is 10.0 Å². The molecule has 1 aromatic heterocycles. The second kappa shape index (κ2) is 5.42. The van der Waals surface area contributed by atoms with Crippen molar-refractivity contribution in [2.75, 3.05) is 0 Å². The van der Waals surface area contributed by atoms with Crippen molar-refractivity contribution in [3.63, 3.8) is 0 Å². The van der Waals surface area contributed by atoms with Gasteiger partial charge in [-0.15, -0.1) is 0 Å². The molecule has 0 saturated heterocycles. The van der Waals surface area contributed by atoms with E-state index in [0.717, 1.165) is 17.3 Å². The molecule has 3 fully saturated rings. The van der Waals surface area contributed by atoms with E-state index in [4.69, 9.17) is 9.40 Å². The third-order valence-corrected chi connectivity index (χ3v) is 7.50. The number of sulfonamides is 1. The van der Waals surface area contributed by atoms with E-state index >= 15 is 0 Å². The summed E-state index contributed by atoms with van der Waals surface area (Å²) >= 11 is 0. The molecule has 1 heterocycles. The van der Waals surface area contributed by atoms with Crippen molar-refractivity contribution in [3.05, 3.63) is 47.7 Å². The molecule has 1 N–H and O–H groups in total. The number of hydrogen-bond acceptors (Lipinski definition) is 4. The van der Waals surface area contributed by atoms with Gasteiger partial charge in [-0.05, 0) is 43.2 Å². The Morgan fingerprint density at radius 2 is 1.73 bits per heavy atom. The van der Waals surface area contributed by atoms with E-state index < -0.39 is 10.0 Å². The minimum Gasteiger partial charge on any atom is -0.445 e. The molecule has 26 heavy (non-hydrogen) atoms. The first-order valence-corrected chi connectivity index (χ1v) is 10.9. The number of hydrogen-bond donors (Lipinski definition) is 1. The maximum atomic E-state index is 12.7. The Balaban J connectivity index is 1.41. The topological polar surface area (TPSA) is 72.2 Å². The molecule has 0 radical (unpaired) electrons. The summed E-state index contributed by atoms with van der Waals surface area (Å²) in [6.45, 7) is 4.15. The molecule has 0 amide bonds. The van der Waals surface area contributed by atoms with Crippen LogP contribution in [0.1, 0.15) is 74.6 Å². The van der Waals surface area contributed by atoms with Crippen LogP contribution in [0.2, 0.25) is 0 Å². The largest absolute Gasteiger partial charge is 0.445 e. The average Bonchev–Trinajstić information content (AvgIpc) is 3.52.